The molecule has 0 aromatic heterocycles. The summed E-state index contributed by atoms with van der Waals surface area (Å²) < 4.78 is 1.19. The molecular formula is C14H20BrNS. The summed E-state index contributed by atoms with van der Waals surface area (Å²) in [7, 11) is 0. The molecule has 1 nitrogen and oxygen atoms in total. The summed E-state index contributed by atoms with van der Waals surface area (Å²) in [6.45, 7) is 2.02. The fourth-order valence-corrected chi connectivity index (χ4v) is 4.15. The summed E-state index contributed by atoms with van der Waals surface area (Å²) in [6, 6.07) is 6.61. The maximum atomic E-state index is 5.88. The SMILES string of the molecule is C[C@@H](N)c1ccc(SCC2CCCC2)c(Br)c1. The molecule has 0 aliphatic heterocycles. The van der Waals surface area contributed by atoms with Gasteiger partial charge in [-0.2, -0.15) is 0 Å². The molecule has 1 aliphatic rings. The van der Waals surface area contributed by atoms with E-state index in [0.717, 1.165) is 5.92 Å². The van der Waals surface area contributed by atoms with Gasteiger partial charge in [0.25, 0.3) is 0 Å². The molecule has 1 atom stereocenters. The summed E-state index contributed by atoms with van der Waals surface area (Å²) >= 11 is 5.63. The number of thioether (sulfide) groups is 1. The lowest BCUT2D eigenvalue weighted by molar-refractivity contribution is 0.623. The zero-order valence-electron chi connectivity index (χ0n) is 10.3. The van der Waals surface area contributed by atoms with Crippen molar-refractivity contribution in [3.63, 3.8) is 0 Å². The first kappa shape index (κ1) is 13.4. The van der Waals surface area contributed by atoms with Gasteiger partial charge in [-0.05, 0) is 59.3 Å². The average Bonchev–Trinajstić information content (AvgIpc) is 2.80. The largest absolute Gasteiger partial charge is 0.324 e. The Balaban J connectivity index is 1.96. The summed E-state index contributed by atoms with van der Waals surface area (Å²) in [5, 5.41) is 0. The van der Waals surface area contributed by atoms with E-state index < -0.39 is 0 Å². The highest BCUT2D eigenvalue weighted by Crippen LogP contribution is 2.34. The maximum absolute atomic E-state index is 5.88. The zero-order chi connectivity index (χ0) is 12.3. The Hall–Kier alpha value is 0.01000. The third-order valence-electron chi connectivity index (χ3n) is 3.43. The quantitative estimate of drug-likeness (QED) is 0.812. The summed E-state index contributed by atoms with van der Waals surface area (Å²) in [5.74, 6) is 2.19. The van der Waals surface area contributed by atoms with E-state index in [-0.39, 0.29) is 6.04 Å². The van der Waals surface area contributed by atoms with Crippen LogP contribution in [0.2, 0.25) is 0 Å². The van der Waals surface area contributed by atoms with Crippen LogP contribution in [0.4, 0.5) is 0 Å². The first-order valence-electron chi connectivity index (χ1n) is 6.34. The molecule has 3 heteroatoms. The Kier molecular flexibility index (Phi) is 4.95. The van der Waals surface area contributed by atoms with Crippen LogP contribution in [0.25, 0.3) is 0 Å². The monoisotopic (exact) mass is 313 g/mol. The van der Waals surface area contributed by atoms with Crippen LogP contribution >= 0.6 is 27.7 Å². The molecule has 2 N–H and O–H groups in total. The van der Waals surface area contributed by atoms with Crippen LogP contribution in [0, 0.1) is 5.92 Å². The number of hydrogen-bond donors (Lipinski definition) is 1. The number of hydrogen-bond acceptors (Lipinski definition) is 2. The zero-order valence-corrected chi connectivity index (χ0v) is 12.7. The van der Waals surface area contributed by atoms with Crippen LogP contribution in [-0.4, -0.2) is 5.75 Å². The summed E-state index contributed by atoms with van der Waals surface area (Å²) in [5.41, 5.74) is 7.07. The molecule has 0 spiro atoms. The maximum Gasteiger partial charge on any atom is 0.0314 e. The smallest absolute Gasteiger partial charge is 0.0314 e. The molecule has 17 heavy (non-hydrogen) atoms. The number of benzene rings is 1. The Labute approximate surface area is 117 Å². The normalized spacial score (nSPS) is 18.5. The van der Waals surface area contributed by atoms with Gasteiger partial charge in [0.1, 0.15) is 0 Å². The van der Waals surface area contributed by atoms with E-state index in [4.69, 9.17) is 5.73 Å². The van der Waals surface area contributed by atoms with Crippen molar-refractivity contribution in [2.75, 3.05) is 5.75 Å². The third kappa shape index (κ3) is 3.73. The minimum atomic E-state index is 0.111. The summed E-state index contributed by atoms with van der Waals surface area (Å²) in [6.07, 6.45) is 5.69. The molecule has 0 radical (unpaired) electrons. The van der Waals surface area contributed by atoms with Gasteiger partial charge in [0, 0.05) is 21.2 Å². The van der Waals surface area contributed by atoms with Gasteiger partial charge in [-0.3, -0.25) is 0 Å². The molecule has 0 heterocycles. The molecule has 1 saturated carbocycles. The third-order valence-corrected chi connectivity index (χ3v) is 5.65. The van der Waals surface area contributed by atoms with Crippen molar-refractivity contribution in [1.82, 2.24) is 0 Å². The standard InChI is InChI=1S/C14H20BrNS/c1-10(16)12-6-7-14(13(15)8-12)17-9-11-4-2-3-5-11/h6-8,10-11H,2-5,9,16H2,1H3/t10-/m1/s1. The van der Waals surface area contributed by atoms with E-state index in [1.165, 1.54) is 46.4 Å². The second-order valence-electron chi connectivity index (χ2n) is 4.94. The molecule has 94 valence electrons. The van der Waals surface area contributed by atoms with E-state index >= 15 is 0 Å². The first-order chi connectivity index (χ1) is 8.16. The van der Waals surface area contributed by atoms with E-state index in [2.05, 4.69) is 34.1 Å². The molecule has 0 amide bonds. The fraction of sp³-hybridized carbons (Fsp3) is 0.571. The summed E-state index contributed by atoms with van der Waals surface area (Å²) in [4.78, 5) is 1.35. The van der Waals surface area contributed by atoms with Crippen molar-refractivity contribution in [1.29, 1.82) is 0 Å². The minimum absolute atomic E-state index is 0.111. The first-order valence-corrected chi connectivity index (χ1v) is 8.12. The van der Waals surface area contributed by atoms with Crippen LogP contribution in [0.5, 0.6) is 0 Å². The minimum Gasteiger partial charge on any atom is -0.324 e. The molecule has 2 rings (SSSR count). The number of nitrogens with two attached hydrogens (primary N) is 1. The van der Waals surface area contributed by atoms with Gasteiger partial charge in [0.15, 0.2) is 0 Å². The molecule has 0 bridgehead atoms. The van der Waals surface area contributed by atoms with Crippen LogP contribution in [0.15, 0.2) is 27.6 Å². The predicted molar refractivity (Wildman–Crippen MR) is 79.4 cm³/mol. The number of halogens is 1. The lowest BCUT2D eigenvalue weighted by Crippen LogP contribution is -2.04. The van der Waals surface area contributed by atoms with Crippen LogP contribution in [0.3, 0.4) is 0 Å². The highest BCUT2D eigenvalue weighted by molar-refractivity contribution is 9.10. The molecule has 0 saturated heterocycles. The highest BCUT2D eigenvalue weighted by atomic mass is 79.9. The molecular weight excluding hydrogens is 294 g/mol. The lowest BCUT2D eigenvalue weighted by Gasteiger charge is -2.12. The fourth-order valence-electron chi connectivity index (χ4n) is 2.30. The van der Waals surface area contributed by atoms with Crippen LogP contribution in [0.1, 0.15) is 44.2 Å². The van der Waals surface area contributed by atoms with E-state index in [1.807, 2.05) is 18.7 Å². The molecule has 1 aromatic rings. The van der Waals surface area contributed by atoms with Gasteiger partial charge < -0.3 is 5.73 Å². The van der Waals surface area contributed by atoms with Gasteiger partial charge in [-0.15, -0.1) is 11.8 Å². The Morgan fingerprint density at radius 3 is 2.71 bits per heavy atom. The van der Waals surface area contributed by atoms with Gasteiger partial charge in [0.2, 0.25) is 0 Å². The van der Waals surface area contributed by atoms with Crippen molar-refractivity contribution in [2.24, 2.45) is 11.7 Å². The van der Waals surface area contributed by atoms with Crippen molar-refractivity contribution in [2.45, 2.75) is 43.5 Å². The molecule has 1 aliphatic carbocycles. The van der Waals surface area contributed by atoms with E-state index in [1.54, 1.807) is 0 Å². The Bertz CT molecular complexity index is 372. The van der Waals surface area contributed by atoms with Gasteiger partial charge in [-0.1, -0.05) is 18.9 Å². The number of rotatable bonds is 4. The van der Waals surface area contributed by atoms with Gasteiger partial charge >= 0.3 is 0 Å². The van der Waals surface area contributed by atoms with Gasteiger partial charge in [-0.25, -0.2) is 0 Å². The van der Waals surface area contributed by atoms with Crippen molar-refractivity contribution in [3.8, 4) is 0 Å². The van der Waals surface area contributed by atoms with E-state index in [9.17, 15) is 0 Å². The average molecular weight is 314 g/mol. The lowest BCUT2D eigenvalue weighted by atomic mass is 10.1. The van der Waals surface area contributed by atoms with Crippen molar-refractivity contribution < 1.29 is 0 Å². The Morgan fingerprint density at radius 1 is 1.41 bits per heavy atom. The van der Waals surface area contributed by atoms with Crippen molar-refractivity contribution in [3.05, 3.63) is 28.2 Å². The topological polar surface area (TPSA) is 26.0 Å². The van der Waals surface area contributed by atoms with Crippen LogP contribution in [-0.2, 0) is 0 Å². The molecule has 1 fully saturated rings. The van der Waals surface area contributed by atoms with E-state index in [0.29, 0.717) is 0 Å². The second kappa shape index (κ2) is 6.26. The van der Waals surface area contributed by atoms with Gasteiger partial charge in [0.05, 0.1) is 0 Å². The van der Waals surface area contributed by atoms with Crippen LogP contribution < -0.4 is 5.73 Å². The predicted octanol–water partition coefficient (Wildman–Crippen LogP) is 4.75. The van der Waals surface area contributed by atoms with Crippen molar-refractivity contribution >= 4 is 27.7 Å². The molecule has 0 unspecified atom stereocenters. The molecule has 1 aromatic carbocycles. The highest BCUT2D eigenvalue weighted by Gasteiger charge is 2.15. The second-order valence-corrected chi connectivity index (χ2v) is 6.86. The Morgan fingerprint density at radius 2 is 2.12 bits per heavy atom.